The number of unbranched alkanes of at least 4 members (excludes halogenated alkanes) is 1. The molecule has 1 aliphatic heterocycles. The molecule has 0 aromatic carbocycles. The van der Waals surface area contributed by atoms with Crippen LogP contribution in [0.25, 0.3) is 0 Å². The van der Waals surface area contributed by atoms with E-state index in [-0.39, 0.29) is 0 Å². The second-order valence-electron chi connectivity index (χ2n) is 5.96. The van der Waals surface area contributed by atoms with Crippen molar-refractivity contribution >= 4 is 0 Å². The van der Waals surface area contributed by atoms with Crippen LogP contribution in [0.2, 0.25) is 0 Å². The van der Waals surface area contributed by atoms with Gasteiger partial charge < -0.3 is 15.0 Å². The van der Waals surface area contributed by atoms with Gasteiger partial charge in [-0.15, -0.1) is 0 Å². The first kappa shape index (κ1) is 16.9. The molecule has 0 spiro atoms. The minimum atomic E-state index is 0.563. The van der Waals surface area contributed by atoms with Gasteiger partial charge in [0.25, 0.3) is 0 Å². The molecule has 3 nitrogen and oxygen atoms in total. The highest BCUT2D eigenvalue weighted by molar-refractivity contribution is 4.84. The lowest BCUT2D eigenvalue weighted by Crippen LogP contribution is -2.44. The van der Waals surface area contributed by atoms with Gasteiger partial charge in [-0.1, -0.05) is 27.2 Å². The molecule has 1 saturated heterocycles. The van der Waals surface area contributed by atoms with Crippen LogP contribution in [0.5, 0.6) is 0 Å². The first-order valence-corrected chi connectivity index (χ1v) is 8.28. The third-order valence-corrected chi connectivity index (χ3v) is 4.34. The normalized spacial score (nSPS) is 25.1. The first-order valence-electron chi connectivity index (χ1n) is 8.28. The Bertz CT molecular complexity index is 223. The maximum Gasteiger partial charge on any atom is 0.0623 e. The van der Waals surface area contributed by atoms with Crippen molar-refractivity contribution in [3.63, 3.8) is 0 Å². The van der Waals surface area contributed by atoms with Gasteiger partial charge in [-0.05, 0) is 39.3 Å². The smallest absolute Gasteiger partial charge is 0.0623 e. The molecule has 114 valence electrons. The molecule has 19 heavy (non-hydrogen) atoms. The highest BCUT2D eigenvalue weighted by atomic mass is 16.5. The Morgan fingerprint density at radius 3 is 2.63 bits per heavy atom. The minimum Gasteiger partial charge on any atom is -0.379 e. The van der Waals surface area contributed by atoms with Crippen molar-refractivity contribution in [2.45, 2.75) is 65.5 Å². The molecule has 0 amide bonds. The van der Waals surface area contributed by atoms with Crippen molar-refractivity contribution in [1.82, 2.24) is 10.2 Å². The van der Waals surface area contributed by atoms with E-state index in [1.807, 2.05) is 0 Å². The fourth-order valence-electron chi connectivity index (χ4n) is 2.75. The summed E-state index contributed by atoms with van der Waals surface area (Å²) in [7, 11) is 0. The highest BCUT2D eigenvalue weighted by Crippen LogP contribution is 2.18. The zero-order valence-electron chi connectivity index (χ0n) is 13.5. The van der Waals surface area contributed by atoms with E-state index >= 15 is 0 Å². The van der Waals surface area contributed by atoms with Crippen LogP contribution in [0.1, 0.15) is 53.4 Å². The fourth-order valence-corrected chi connectivity index (χ4v) is 2.75. The molecule has 1 N–H and O–H groups in total. The summed E-state index contributed by atoms with van der Waals surface area (Å²) in [5.74, 6) is 0.664. The van der Waals surface area contributed by atoms with Crippen molar-refractivity contribution in [3.05, 3.63) is 0 Å². The van der Waals surface area contributed by atoms with Crippen molar-refractivity contribution in [3.8, 4) is 0 Å². The Labute approximate surface area is 120 Å². The van der Waals surface area contributed by atoms with Crippen LogP contribution in [0.4, 0.5) is 0 Å². The number of hydrogen-bond acceptors (Lipinski definition) is 3. The Kier molecular flexibility index (Phi) is 8.67. The SMILES string of the molecule is CCCCN(CC1COCC1NCCC)C(C)CC. The van der Waals surface area contributed by atoms with Crippen LogP contribution in [0.3, 0.4) is 0 Å². The Hall–Kier alpha value is -0.120. The van der Waals surface area contributed by atoms with Crippen LogP contribution in [-0.2, 0) is 4.74 Å². The topological polar surface area (TPSA) is 24.5 Å². The van der Waals surface area contributed by atoms with Crippen LogP contribution in [0, 0.1) is 5.92 Å². The van der Waals surface area contributed by atoms with E-state index in [4.69, 9.17) is 4.74 Å². The van der Waals surface area contributed by atoms with Crippen molar-refractivity contribution < 1.29 is 4.74 Å². The lowest BCUT2D eigenvalue weighted by molar-refractivity contribution is 0.143. The molecule has 3 heteroatoms. The number of rotatable bonds is 10. The molecular formula is C16H34N2O. The molecule has 0 aliphatic carbocycles. The monoisotopic (exact) mass is 270 g/mol. The third kappa shape index (κ3) is 5.80. The van der Waals surface area contributed by atoms with Gasteiger partial charge in [-0.25, -0.2) is 0 Å². The third-order valence-electron chi connectivity index (χ3n) is 4.34. The maximum absolute atomic E-state index is 5.70. The van der Waals surface area contributed by atoms with Crippen LogP contribution in [-0.4, -0.2) is 49.8 Å². The number of nitrogens with zero attached hydrogens (tertiary/aromatic N) is 1. The number of nitrogens with one attached hydrogen (secondary N) is 1. The minimum absolute atomic E-state index is 0.563. The van der Waals surface area contributed by atoms with Gasteiger partial charge in [0.15, 0.2) is 0 Å². The van der Waals surface area contributed by atoms with Crippen molar-refractivity contribution in [1.29, 1.82) is 0 Å². The second kappa shape index (κ2) is 9.73. The van der Waals surface area contributed by atoms with E-state index in [1.165, 1.54) is 38.8 Å². The molecule has 0 aromatic heterocycles. The van der Waals surface area contributed by atoms with Gasteiger partial charge in [0.05, 0.1) is 13.2 Å². The van der Waals surface area contributed by atoms with Gasteiger partial charge in [-0.2, -0.15) is 0 Å². The zero-order valence-corrected chi connectivity index (χ0v) is 13.5. The van der Waals surface area contributed by atoms with Gasteiger partial charge in [0.2, 0.25) is 0 Å². The van der Waals surface area contributed by atoms with Crippen LogP contribution in [0.15, 0.2) is 0 Å². The molecule has 1 rings (SSSR count). The van der Waals surface area contributed by atoms with E-state index in [0.29, 0.717) is 18.0 Å². The summed E-state index contributed by atoms with van der Waals surface area (Å²) in [5.41, 5.74) is 0. The summed E-state index contributed by atoms with van der Waals surface area (Å²) in [6.07, 6.45) is 5.04. The Balaban J connectivity index is 2.46. The predicted molar refractivity (Wildman–Crippen MR) is 82.6 cm³/mol. The lowest BCUT2D eigenvalue weighted by atomic mass is 10.0. The molecule has 0 aromatic rings. The summed E-state index contributed by atoms with van der Waals surface area (Å²) in [6.45, 7) is 14.5. The summed E-state index contributed by atoms with van der Waals surface area (Å²) in [4.78, 5) is 2.67. The van der Waals surface area contributed by atoms with Gasteiger partial charge in [-0.3, -0.25) is 0 Å². The average Bonchev–Trinajstić information content (AvgIpc) is 2.87. The molecule has 1 aliphatic rings. The van der Waals surface area contributed by atoms with Crippen molar-refractivity contribution in [2.24, 2.45) is 5.92 Å². The van der Waals surface area contributed by atoms with Gasteiger partial charge in [0.1, 0.15) is 0 Å². The fraction of sp³-hybridized carbons (Fsp3) is 1.00. The van der Waals surface area contributed by atoms with E-state index in [1.54, 1.807) is 0 Å². The van der Waals surface area contributed by atoms with Crippen LogP contribution >= 0.6 is 0 Å². The van der Waals surface area contributed by atoms with E-state index in [2.05, 4.69) is 37.9 Å². The number of hydrogen-bond donors (Lipinski definition) is 1. The van der Waals surface area contributed by atoms with Crippen LogP contribution < -0.4 is 5.32 Å². The molecule has 3 atom stereocenters. The quantitative estimate of drug-likeness (QED) is 0.660. The molecular weight excluding hydrogens is 236 g/mol. The molecule has 0 saturated carbocycles. The predicted octanol–water partition coefficient (Wildman–Crippen LogP) is 2.90. The molecule has 1 fully saturated rings. The van der Waals surface area contributed by atoms with Gasteiger partial charge >= 0.3 is 0 Å². The van der Waals surface area contributed by atoms with E-state index in [0.717, 1.165) is 19.8 Å². The molecule has 0 radical (unpaired) electrons. The molecule has 0 bridgehead atoms. The van der Waals surface area contributed by atoms with E-state index < -0.39 is 0 Å². The Morgan fingerprint density at radius 1 is 1.21 bits per heavy atom. The molecule has 3 unspecified atom stereocenters. The first-order chi connectivity index (χ1) is 9.22. The number of ether oxygens (including phenoxy) is 1. The zero-order chi connectivity index (χ0) is 14.1. The summed E-state index contributed by atoms with van der Waals surface area (Å²) in [6, 6.07) is 1.26. The largest absolute Gasteiger partial charge is 0.379 e. The highest BCUT2D eigenvalue weighted by Gasteiger charge is 2.30. The summed E-state index contributed by atoms with van der Waals surface area (Å²) < 4.78 is 5.70. The second-order valence-corrected chi connectivity index (χ2v) is 5.96. The van der Waals surface area contributed by atoms with Gasteiger partial charge in [0, 0.05) is 24.5 Å². The lowest BCUT2D eigenvalue weighted by Gasteiger charge is -2.32. The maximum atomic E-state index is 5.70. The standard InChI is InChI=1S/C16H34N2O/c1-5-8-10-18(14(4)7-3)11-15-12-19-13-16(15)17-9-6-2/h14-17H,5-13H2,1-4H3. The molecule has 1 heterocycles. The van der Waals surface area contributed by atoms with Crippen molar-refractivity contribution in [2.75, 3.05) is 32.8 Å². The average molecular weight is 270 g/mol. The van der Waals surface area contributed by atoms with E-state index in [9.17, 15) is 0 Å². The summed E-state index contributed by atoms with van der Waals surface area (Å²) in [5, 5.41) is 3.65. The Morgan fingerprint density at radius 2 is 2.00 bits per heavy atom. The summed E-state index contributed by atoms with van der Waals surface area (Å²) >= 11 is 0.